The molecule has 0 radical (unpaired) electrons. The third-order valence-electron chi connectivity index (χ3n) is 2.48. The van der Waals surface area contributed by atoms with E-state index in [9.17, 15) is 5.11 Å². The van der Waals surface area contributed by atoms with Crippen LogP contribution in [0.1, 0.15) is 12.0 Å². The highest BCUT2D eigenvalue weighted by molar-refractivity contribution is 9.10. The fourth-order valence-electron chi connectivity index (χ4n) is 1.68. The molecule has 0 fully saturated rings. The molecule has 0 aromatic heterocycles. The van der Waals surface area contributed by atoms with Crippen LogP contribution in [0.25, 0.3) is 0 Å². The van der Waals surface area contributed by atoms with E-state index in [-0.39, 0.29) is 0 Å². The van der Waals surface area contributed by atoms with E-state index < -0.39 is 12.2 Å². The lowest BCUT2D eigenvalue weighted by Crippen LogP contribution is -2.33. The van der Waals surface area contributed by atoms with Crippen molar-refractivity contribution in [2.75, 3.05) is 0 Å². The van der Waals surface area contributed by atoms with Gasteiger partial charge < -0.3 is 9.84 Å². The standard InChI is InChI=1S/C11H10BrNO2/c12-8-2-4-10-7(5-8)1-3-11(15-10)9(14)6-13/h2,4-5,9,11,14H,1,3H2. The van der Waals surface area contributed by atoms with E-state index in [4.69, 9.17) is 10.00 Å². The summed E-state index contributed by atoms with van der Waals surface area (Å²) in [5.74, 6) is 0.767. The van der Waals surface area contributed by atoms with Gasteiger partial charge in [-0.25, -0.2) is 0 Å². The number of benzene rings is 1. The van der Waals surface area contributed by atoms with Crippen LogP contribution in [-0.2, 0) is 6.42 Å². The van der Waals surface area contributed by atoms with Gasteiger partial charge >= 0.3 is 0 Å². The van der Waals surface area contributed by atoms with E-state index in [2.05, 4.69) is 15.9 Å². The number of aliphatic hydroxyl groups is 1. The number of aliphatic hydroxyl groups excluding tert-OH is 1. The number of aryl methyl sites for hydroxylation is 1. The molecule has 15 heavy (non-hydrogen) atoms. The van der Waals surface area contributed by atoms with Crippen LogP contribution in [0.15, 0.2) is 22.7 Å². The zero-order chi connectivity index (χ0) is 10.8. The molecule has 2 rings (SSSR count). The molecule has 0 saturated heterocycles. The molecule has 78 valence electrons. The highest BCUT2D eigenvalue weighted by Gasteiger charge is 2.25. The van der Waals surface area contributed by atoms with Gasteiger partial charge in [0.05, 0.1) is 6.07 Å². The number of nitrogens with zero attached hydrogens (tertiary/aromatic N) is 1. The van der Waals surface area contributed by atoms with Crippen molar-refractivity contribution >= 4 is 15.9 Å². The smallest absolute Gasteiger partial charge is 0.177 e. The maximum absolute atomic E-state index is 9.37. The molecule has 0 saturated carbocycles. The average molecular weight is 268 g/mol. The molecule has 1 aliphatic rings. The van der Waals surface area contributed by atoms with E-state index in [0.717, 1.165) is 22.2 Å². The Labute approximate surface area is 96.4 Å². The molecule has 2 atom stereocenters. The predicted octanol–water partition coefficient (Wildman–Crippen LogP) is 2.03. The minimum Gasteiger partial charge on any atom is -0.486 e. The van der Waals surface area contributed by atoms with Crippen molar-refractivity contribution < 1.29 is 9.84 Å². The third-order valence-corrected chi connectivity index (χ3v) is 2.98. The minimum absolute atomic E-state index is 0.399. The van der Waals surface area contributed by atoms with Crippen LogP contribution in [0.2, 0.25) is 0 Å². The second kappa shape index (κ2) is 4.21. The third kappa shape index (κ3) is 2.14. The topological polar surface area (TPSA) is 53.2 Å². The monoisotopic (exact) mass is 267 g/mol. The Morgan fingerprint density at radius 1 is 1.60 bits per heavy atom. The van der Waals surface area contributed by atoms with Gasteiger partial charge in [-0.2, -0.15) is 5.26 Å². The lowest BCUT2D eigenvalue weighted by atomic mass is 10.00. The van der Waals surface area contributed by atoms with Crippen molar-refractivity contribution in [2.45, 2.75) is 25.0 Å². The summed E-state index contributed by atoms with van der Waals surface area (Å²) in [5.41, 5.74) is 1.12. The fraction of sp³-hybridized carbons (Fsp3) is 0.364. The molecule has 0 aliphatic carbocycles. The summed E-state index contributed by atoms with van der Waals surface area (Å²) in [7, 11) is 0. The van der Waals surface area contributed by atoms with E-state index in [0.29, 0.717) is 6.42 Å². The van der Waals surface area contributed by atoms with Gasteiger partial charge in [0.25, 0.3) is 0 Å². The summed E-state index contributed by atoms with van der Waals surface area (Å²) in [4.78, 5) is 0. The fourth-order valence-corrected chi connectivity index (χ4v) is 2.09. The van der Waals surface area contributed by atoms with Gasteiger partial charge in [-0.1, -0.05) is 15.9 Å². The summed E-state index contributed by atoms with van der Waals surface area (Å²) in [6.45, 7) is 0. The minimum atomic E-state index is -1.04. The van der Waals surface area contributed by atoms with Gasteiger partial charge in [0.1, 0.15) is 11.9 Å². The average Bonchev–Trinajstić information content (AvgIpc) is 2.27. The number of halogens is 1. The van der Waals surface area contributed by atoms with Gasteiger partial charge in [-0.3, -0.25) is 0 Å². The van der Waals surface area contributed by atoms with E-state index in [1.54, 1.807) is 6.07 Å². The Bertz CT molecular complexity index is 414. The molecule has 1 aromatic carbocycles. The maximum atomic E-state index is 9.37. The van der Waals surface area contributed by atoms with Gasteiger partial charge in [0.2, 0.25) is 0 Å². The summed E-state index contributed by atoms with van der Waals surface area (Å²) in [6, 6.07) is 7.55. The summed E-state index contributed by atoms with van der Waals surface area (Å²) >= 11 is 3.39. The number of hydrogen-bond donors (Lipinski definition) is 1. The lowest BCUT2D eigenvalue weighted by Gasteiger charge is -2.26. The van der Waals surface area contributed by atoms with Gasteiger partial charge in [0, 0.05) is 4.47 Å². The van der Waals surface area contributed by atoms with E-state index in [1.807, 2.05) is 18.2 Å². The van der Waals surface area contributed by atoms with Crippen molar-refractivity contribution in [3.05, 3.63) is 28.2 Å². The number of nitriles is 1. The molecule has 0 amide bonds. The number of hydrogen-bond acceptors (Lipinski definition) is 3. The molecule has 2 unspecified atom stereocenters. The Kier molecular flexibility index (Phi) is 2.94. The quantitative estimate of drug-likeness (QED) is 0.793. The molecule has 0 bridgehead atoms. The Hall–Kier alpha value is -1.05. The number of fused-ring (bicyclic) bond motifs is 1. The van der Waals surface area contributed by atoms with Crippen LogP contribution < -0.4 is 4.74 Å². The van der Waals surface area contributed by atoms with Crippen LogP contribution in [0.5, 0.6) is 5.75 Å². The maximum Gasteiger partial charge on any atom is 0.177 e. The van der Waals surface area contributed by atoms with Gasteiger partial charge in [-0.05, 0) is 36.6 Å². The number of rotatable bonds is 1. The molecular weight excluding hydrogens is 258 g/mol. The van der Waals surface area contributed by atoms with Crippen LogP contribution in [0.4, 0.5) is 0 Å². The van der Waals surface area contributed by atoms with Crippen molar-refractivity contribution in [1.29, 1.82) is 5.26 Å². The molecule has 0 spiro atoms. The first-order valence-corrected chi connectivity index (χ1v) is 5.53. The normalized spacial score (nSPS) is 21.0. The first kappa shape index (κ1) is 10.5. The van der Waals surface area contributed by atoms with Crippen molar-refractivity contribution in [2.24, 2.45) is 0 Å². The molecule has 1 heterocycles. The molecule has 1 aromatic rings. The second-order valence-electron chi connectivity index (χ2n) is 3.52. The van der Waals surface area contributed by atoms with Crippen molar-refractivity contribution in [3.63, 3.8) is 0 Å². The Morgan fingerprint density at radius 2 is 2.40 bits per heavy atom. The van der Waals surface area contributed by atoms with Crippen LogP contribution in [0, 0.1) is 11.3 Å². The molecule has 4 heteroatoms. The molecule has 1 aliphatic heterocycles. The van der Waals surface area contributed by atoms with Gasteiger partial charge in [0.15, 0.2) is 6.10 Å². The highest BCUT2D eigenvalue weighted by Crippen LogP contribution is 2.30. The summed E-state index contributed by atoms with van der Waals surface area (Å²) in [5, 5.41) is 18.0. The summed E-state index contributed by atoms with van der Waals surface area (Å²) < 4.78 is 6.56. The van der Waals surface area contributed by atoms with Crippen LogP contribution >= 0.6 is 15.9 Å². The zero-order valence-electron chi connectivity index (χ0n) is 7.98. The SMILES string of the molecule is N#CC(O)C1CCc2cc(Br)ccc2O1. The Morgan fingerprint density at radius 3 is 3.13 bits per heavy atom. The van der Waals surface area contributed by atoms with Gasteiger partial charge in [-0.15, -0.1) is 0 Å². The molecule has 3 nitrogen and oxygen atoms in total. The molecular formula is C11H10BrNO2. The van der Waals surface area contributed by atoms with Crippen molar-refractivity contribution in [3.8, 4) is 11.8 Å². The largest absolute Gasteiger partial charge is 0.486 e. The lowest BCUT2D eigenvalue weighted by molar-refractivity contribution is 0.0571. The second-order valence-corrected chi connectivity index (χ2v) is 4.44. The van der Waals surface area contributed by atoms with Crippen molar-refractivity contribution in [1.82, 2.24) is 0 Å². The zero-order valence-corrected chi connectivity index (χ0v) is 9.57. The van der Waals surface area contributed by atoms with E-state index >= 15 is 0 Å². The number of ether oxygens (including phenoxy) is 1. The first-order valence-electron chi connectivity index (χ1n) is 4.73. The predicted molar refractivity (Wildman–Crippen MR) is 58.5 cm³/mol. The van der Waals surface area contributed by atoms with Crippen LogP contribution in [0.3, 0.4) is 0 Å². The highest BCUT2D eigenvalue weighted by atomic mass is 79.9. The van der Waals surface area contributed by atoms with E-state index in [1.165, 1.54) is 0 Å². The first-order chi connectivity index (χ1) is 7.20. The summed E-state index contributed by atoms with van der Waals surface area (Å²) in [6.07, 6.45) is 0.0709. The Balaban J connectivity index is 2.21. The van der Waals surface area contributed by atoms with Crippen LogP contribution in [-0.4, -0.2) is 17.3 Å². The molecule has 1 N–H and O–H groups in total.